The van der Waals surface area contributed by atoms with Crippen molar-refractivity contribution in [1.82, 2.24) is 19.9 Å². The summed E-state index contributed by atoms with van der Waals surface area (Å²) >= 11 is 0. The number of aryl methyl sites for hydroxylation is 2. The summed E-state index contributed by atoms with van der Waals surface area (Å²) in [6, 6.07) is 15.1. The van der Waals surface area contributed by atoms with Gasteiger partial charge >= 0.3 is 0 Å². The molecule has 1 amide bonds. The highest BCUT2D eigenvalue weighted by Gasteiger charge is 2.32. The largest absolute Gasteiger partial charge is 0.491 e. The van der Waals surface area contributed by atoms with E-state index >= 15 is 0 Å². The second-order valence-corrected chi connectivity index (χ2v) is 17.1. The first-order chi connectivity index (χ1) is 22.9. The number of pyridine rings is 1. The van der Waals surface area contributed by atoms with E-state index in [1.807, 2.05) is 45.2 Å². The Morgan fingerprint density at radius 3 is 2.31 bits per heavy atom. The maximum Gasteiger partial charge on any atom is 0.263 e. The molecule has 0 radical (unpaired) electrons. The van der Waals surface area contributed by atoms with Crippen molar-refractivity contribution < 1.29 is 17.9 Å². The molecule has 4 aromatic rings. The van der Waals surface area contributed by atoms with Gasteiger partial charge < -0.3 is 14.5 Å². The molecule has 2 aromatic carbocycles. The Bertz CT molecular complexity index is 1930. The maximum atomic E-state index is 14.5. The number of aromatic nitrogens is 3. The van der Waals surface area contributed by atoms with Gasteiger partial charge in [-0.25, -0.2) is 18.4 Å². The second-order valence-electron chi connectivity index (χ2n) is 15.4. The molecule has 1 N–H and O–H groups in total. The van der Waals surface area contributed by atoms with E-state index in [-0.39, 0.29) is 46.2 Å². The summed E-state index contributed by atoms with van der Waals surface area (Å²) in [5.74, 6) is 0.942. The lowest BCUT2D eigenvalue weighted by Gasteiger charge is -2.36. The molecule has 0 unspecified atom stereocenters. The van der Waals surface area contributed by atoms with Crippen molar-refractivity contribution in [3.63, 3.8) is 0 Å². The van der Waals surface area contributed by atoms with Gasteiger partial charge in [0.2, 0.25) is 0 Å². The van der Waals surface area contributed by atoms with E-state index in [9.17, 15) is 13.2 Å². The van der Waals surface area contributed by atoms with Gasteiger partial charge in [-0.05, 0) is 60.4 Å². The normalized spacial score (nSPS) is 16.5. The van der Waals surface area contributed by atoms with Crippen molar-refractivity contribution in [3.8, 4) is 17.0 Å². The molecule has 1 aliphatic heterocycles. The van der Waals surface area contributed by atoms with Crippen LogP contribution in [0.15, 0.2) is 71.9 Å². The minimum absolute atomic E-state index is 0.0398. The van der Waals surface area contributed by atoms with Crippen LogP contribution in [0.5, 0.6) is 5.75 Å². The number of sulfonamides is 1. The van der Waals surface area contributed by atoms with Crippen LogP contribution < -0.4 is 14.4 Å². The predicted molar refractivity (Wildman–Crippen MR) is 194 cm³/mol. The summed E-state index contributed by atoms with van der Waals surface area (Å²) < 4.78 is 36.6. The maximum absolute atomic E-state index is 14.5. The van der Waals surface area contributed by atoms with Crippen LogP contribution >= 0.6 is 0 Å². The SMILES string of the molecule is Cc1cccc(C)c1-c1cc2cc(n1)NS(=O)(=O)c1cccc(c1)C(=O)N(Cc1cncc(N(C)CC(C)(C)C)n1)[C@H](CC(C)(C)C)CO2. The molecule has 4 bridgehead atoms. The number of rotatable bonds is 6. The second kappa shape index (κ2) is 13.8. The molecule has 0 saturated carbocycles. The van der Waals surface area contributed by atoms with E-state index in [1.54, 1.807) is 35.5 Å². The van der Waals surface area contributed by atoms with Gasteiger partial charge in [0, 0.05) is 36.9 Å². The summed E-state index contributed by atoms with van der Waals surface area (Å²) in [6.45, 7) is 17.9. The van der Waals surface area contributed by atoms with E-state index in [1.165, 1.54) is 12.1 Å². The predicted octanol–water partition coefficient (Wildman–Crippen LogP) is 7.28. The first-order valence-corrected chi connectivity index (χ1v) is 18.0. The quantitative estimate of drug-likeness (QED) is 0.225. The number of amides is 1. The number of hydrogen-bond acceptors (Lipinski definition) is 8. The first-order valence-electron chi connectivity index (χ1n) is 16.6. The lowest BCUT2D eigenvalue weighted by Crippen LogP contribution is -2.45. The van der Waals surface area contributed by atoms with Gasteiger partial charge in [-0.1, -0.05) is 65.8 Å². The van der Waals surface area contributed by atoms with Gasteiger partial charge in [0.25, 0.3) is 15.9 Å². The van der Waals surface area contributed by atoms with Crippen LogP contribution in [0.4, 0.5) is 11.6 Å². The molecule has 0 fully saturated rings. The van der Waals surface area contributed by atoms with Crippen molar-refractivity contribution in [2.24, 2.45) is 10.8 Å². The van der Waals surface area contributed by atoms with Crippen LogP contribution in [0, 0.1) is 24.7 Å². The molecule has 0 spiro atoms. The molecular formula is C38H48N6O4S. The average Bonchev–Trinajstić information content (AvgIpc) is 3.00. The zero-order valence-electron chi connectivity index (χ0n) is 30.0. The van der Waals surface area contributed by atoms with Crippen LogP contribution in [0.25, 0.3) is 11.3 Å². The number of ether oxygens (including phenoxy) is 1. The highest BCUT2D eigenvalue weighted by Crippen LogP contribution is 2.33. The molecular weight excluding hydrogens is 637 g/mol. The Balaban J connectivity index is 1.64. The molecule has 0 saturated heterocycles. The number of anilines is 2. The summed E-state index contributed by atoms with van der Waals surface area (Å²) in [6.07, 6.45) is 4.01. The Hall–Kier alpha value is -4.51. The third-order valence-electron chi connectivity index (χ3n) is 8.27. The van der Waals surface area contributed by atoms with Crippen LogP contribution in [0.1, 0.15) is 75.1 Å². The fraction of sp³-hybridized carbons (Fsp3) is 0.421. The topological polar surface area (TPSA) is 118 Å². The zero-order chi connectivity index (χ0) is 35.7. The van der Waals surface area contributed by atoms with Gasteiger partial charge in [0.15, 0.2) is 0 Å². The van der Waals surface area contributed by atoms with Crippen molar-refractivity contribution in [3.05, 3.63) is 89.4 Å². The van der Waals surface area contributed by atoms with Crippen molar-refractivity contribution in [2.45, 2.75) is 79.3 Å². The van der Waals surface area contributed by atoms with E-state index in [0.29, 0.717) is 29.4 Å². The van der Waals surface area contributed by atoms with Crippen molar-refractivity contribution in [1.29, 1.82) is 0 Å². The number of nitrogens with one attached hydrogen (secondary N) is 1. The van der Waals surface area contributed by atoms with Crippen LogP contribution in [0.3, 0.4) is 0 Å². The fourth-order valence-corrected chi connectivity index (χ4v) is 7.33. The lowest BCUT2D eigenvalue weighted by atomic mass is 9.87. The van der Waals surface area contributed by atoms with Crippen LogP contribution in [0.2, 0.25) is 0 Å². The van der Waals surface area contributed by atoms with Crippen LogP contribution in [-0.2, 0) is 16.6 Å². The Morgan fingerprint density at radius 1 is 0.939 bits per heavy atom. The first kappa shape index (κ1) is 35.8. The Labute approximate surface area is 291 Å². The number of fused-ring (bicyclic) bond motifs is 4. The molecule has 5 rings (SSSR count). The molecule has 0 aliphatic carbocycles. The number of carbonyl (C=O) groups is 1. The van der Waals surface area contributed by atoms with Crippen molar-refractivity contribution >= 4 is 27.6 Å². The molecule has 49 heavy (non-hydrogen) atoms. The number of carbonyl (C=O) groups excluding carboxylic acids is 1. The van der Waals surface area contributed by atoms with E-state index < -0.39 is 16.1 Å². The Morgan fingerprint density at radius 2 is 1.63 bits per heavy atom. The molecule has 1 atom stereocenters. The minimum atomic E-state index is -4.12. The smallest absolute Gasteiger partial charge is 0.263 e. The van der Waals surface area contributed by atoms with Gasteiger partial charge in [-0.3, -0.25) is 14.5 Å². The fourth-order valence-electron chi connectivity index (χ4n) is 6.29. The molecule has 1 aliphatic rings. The number of hydrogen-bond donors (Lipinski definition) is 1. The highest BCUT2D eigenvalue weighted by molar-refractivity contribution is 7.92. The van der Waals surface area contributed by atoms with E-state index in [4.69, 9.17) is 14.7 Å². The van der Waals surface area contributed by atoms with Crippen molar-refractivity contribution in [2.75, 3.05) is 29.8 Å². The molecule has 2 aromatic heterocycles. The third kappa shape index (κ3) is 8.94. The average molecular weight is 685 g/mol. The summed E-state index contributed by atoms with van der Waals surface area (Å²) in [4.78, 5) is 32.4. The molecule has 260 valence electrons. The third-order valence-corrected chi connectivity index (χ3v) is 9.62. The lowest BCUT2D eigenvalue weighted by molar-refractivity contribution is 0.0513. The van der Waals surface area contributed by atoms with E-state index in [0.717, 1.165) is 23.2 Å². The molecule has 11 heteroatoms. The van der Waals surface area contributed by atoms with Crippen LogP contribution in [-0.4, -0.2) is 60.4 Å². The zero-order valence-corrected chi connectivity index (χ0v) is 30.9. The number of nitrogens with zero attached hydrogens (tertiary/aromatic N) is 5. The standard InChI is InChI=1S/C38H48N6O4S/c1-25-12-10-13-26(2)35(25)32-17-30-18-33(41-32)42-49(46,47)31-15-11-14-27(16-31)36(45)44(29(23-48-30)19-37(3,4)5)22-28-20-39-21-34(40-28)43(9)24-38(6,7)8/h10-18,20-21,29H,19,22-24H2,1-9H3,(H,41,42)/t29-/m1/s1. The number of benzene rings is 2. The van der Waals surface area contributed by atoms with Gasteiger partial charge in [-0.15, -0.1) is 0 Å². The summed E-state index contributed by atoms with van der Waals surface area (Å²) in [5.41, 5.74) is 4.21. The summed E-state index contributed by atoms with van der Waals surface area (Å²) in [5, 5.41) is 0. The van der Waals surface area contributed by atoms with Gasteiger partial charge in [0.1, 0.15) is 24.0 Å². The van der Waals surface area contributed by atoms with Gasteiger partial charge in [-0.2, -0.15) is 0 Å². The van der Waals surface area contributed by atoms with Gasteiger partial charge in [0.05, 0.1) is 41.3 Å². The monoisotopic (exact) mass is 684 g/mol. The highest BCUT2D eigenvalue weighted by atomic mass is 32.2. The molecule has 3 heterocycles. The molecule has 10 nitrogen and oxygen atoms in total. The minimum Gasteiger partial charge on any atom is -0.491 e. The van der Waals surface area contributed by atoms with E-state index in [2.05, 4.69) is 56.1 Å². The summed E-state index contributed by atoms with van der Waals surface area (Å²) in [7, 11) is -2.14. The Kier molecular flexibility index (Phi) is 10.1.